The first-order valence-corrected chi connectivity index (χ1v) is 4.46. The van der Waals surface area contributed by atoms with Gasteiger partial charge in [0.2, 0.25) is 5.95 Å². The van der Waals surface area contributed by atoms with Crippen molar-refractivity contribution in [2.75, 3.05) is 6.54 Å². The highest BCUT2D eigenvalue weighted by Gasteiger charge is 2.38. The molecule has 2 N–H and O–H groups in total. The first-order chi connectivity index (χ1) is 7.80. The molecular weight excluding hydrogens is 244 g/mol. The molecule has 1 aromatic rings. The maximum Gasteiger partial charge on any atom is 0.416 e. The minimum atomic E-state index is -4.82. The summed E-state index contributed by atoms with van der Waals surface area (Å²) in [7, 11) is 0. The zero-order valence-corrected chi connectivity index (χ0v) is 8.33. The quantitative estimate of drug-likeness (QED) is 0.620. The Labute approximate surface area is 93.3 Å². The van der Waals surface area contributed by atoms with E-state index in [1.54, 1.807) is 5.32 Å². The number of aliphatic hydroxyl groups excluding tert-OH is 1. The van der Waals surface area contributed by atoms with Gasteiger partial charge in [0.05, 0.1) is 6.54 Å². The van der Waals surface area contributed by atoms with Crippen LogP contribution in [0.25, 0.3) is 0 Å². The van der Waals surface area contributed by atoms with Crippen LogP contribution < -0.4 is 5.32 Å². The third kappa shape index (κ3) is 3.99. The highest BCUT2D eigenvalue weighted by Crippen LogP contribution is 2.19. The minimum absolute atomic E-state index is 0.362. The molecular formula is C9H8F4N2O2. The number of aliphatic hydroxyl groups is 1. The molecule has 94 valence electrons. The van der Waals surface area contributed by atoms with E-state index in [-0.39, 0.29) is 5.69 Å². The lowest BCUT2D eigenvalue weighted by Crippen LogP contribution is -2.40. The predicted octanol–water partition coefficient (Wildman–Crippen LogP) is 0.874. The molecule has 4 nitrogen and oxygen atoms in total. The lowest BCUT2D eigenvalue weighted by atomic mass is 10.3. The molecule has 0 aliphatic carbocycles. The van der Waals surface area contributed by atoms with Crippen molar-refractivity contribution in [2.24, 2.45) is 0 Å². The summed E-state index contributed by atoms with van der Waals surface area (Å²) in [4.78, 5) is 14.4. The van der Waals surface area contributed by atoms with Crippen LogP contribution in [0, 0.1) is 5.95 Å². The number of aromatic nitrogens is 1. The van der Waals surface area contributed by atoms with Gasteiger partial charge < -0.3 is 10.4 Å². The molecule has 1 heterocycles. The number of hydrogen-bond donors (Lipinski definition) is 2. The molecule has 1 atom stereocenters. The van der Waals surface area contributed by atoms with Gasteiger partial charge in [0.1, 0.15) is 5.69 Å². The van der Waals surface area contributed by atoms with Crippen LogP contribution in [0.2, 0.25) is 0 Å². The number of halogens is 4. The first kappa shape index (κ1) is 13.4. The zero-order valence-electron chi connectivity index (χ0n) is 8.33. The number of alkyl halides is 3. The second kappa shape index (κ2) is 5.09. The van der Waals surface area contributed by atoms with Crippen molar-refractivity contribution in [3.63, 3.8) is 0 Å². The molecule has 0 radical (unpaired) electrons. The van der Waals surface area contributed by atoms with E-state index in [1.165, 1.54) is 6.07 Å². The Morgan fingerprint density at radius 2 is 2.12 bits per heavy atom. The maximum absolute atomic E-state index is 12.6. The summed E-state index contributed by atoms with van der Waals surface area (Å²) in [6.07, 6.45) is -7.48. The summed E-state index contributed by atoms with van der Waals surface area (Å²) in [6.45, 7) is -1.01. The fourth-order valence-corrected chi connectivity index (χ4v) is 0.930. The van der Waals surface area contributed by atoms with Crippen molar-refractivity contribution in [1.29, 1.82) is 0 Å². The predicted molar refractivity (Wildman–Crippen MR) is 48.6 cm³/mol. The number of rotatable bonds is 3. The fourth-order valence-electron chi connectivity index (χ4n) is 0.930. The van der Waals surface area contributed by atoms with Crippen molar-refractivity contribution >= 4 is 5.91 Å². The average Bonchev–Trinajstić information content (AvgIpc) is 2.24. The molecule has 0 saturated heterocycles. The molecule has 0 aliphatic heterocycles. The number of nitrogens with one attached hydrogen (secondary N) is 1. The van der Waals surface area contributed by atoms with E-state index < -0.39 is 30.7 Å². The number of carbonyl (C=O) groups is 1. The van der Waals surface area contributed by atoms with Crippen LogP contribution in [0.5, 0.6) is 0 Å². The molecule has 0 fully saturated rings. The van der Waals surface area contributed by atoms with Crippen molar-refractivity contribution in [1.82, 2.24) is 10.3 Å². The smallest absolute Gasteiger partial charge is 0.382 e. The molecule has 0 bridgehead atoms. The number of hydrogen-bond acceptors (Lipinski definition) is 3. The van der Waals surface area contributed by atoms with Crippen molar-refractivity contribution < 1.29 is 27.5 Å². The molecule has 0 aromatic carbocycles. The van der Waals surface area contributed by atoms with Gasteiger partial charge in [0.25, 0.3) is 5.91 Å². The van der Waals surface area contributed by atoms with Gasteiger partial charge in [0, 0.05) is 0 Å². The van der Waals surface area contributed by atoms with Gasteiger partial charge in [-0.2, -0.15) is 17.6 Å². The third-order valence-corrected chi connectivity index (χ3v) is 1.78. The van der Waals surface area contributed by atoms with E-state index in [4.69, 9.17) is 5.11 Å². The molecule has 1 aromatic heterocycles. The van der Waals surface area contributed by atoms with Crippen LogP contribution in [0.4, 0.5) is 17.6 Å². The number of pyridine rings is 1. The molecule has 0 aliphatic rings. The maximum atomic E-state index is 12.6. The van der Waals surface area contributed by atoms with Crippen LogP contribution in [0.3, 0.4) is 0 Å². The molecule has 1 amide bonds. The Kier molecular flexibility index (Phi) is 4.00. The van der Waals surface area contributed by atoms with E-state index in [2.05, 4.69) is 4.98 Å². The summed E-state index contributed by atoms with van der Waals surface area (Å²) < 4.78 is 48.3. The van der Waals surface area contributed by atoms with E-state index in [0.717, 1.165) is 12.1 Å². The highest BCUT2D eigenvalue weighted by molar-refractivity contribution is 5.92. The first-order valence-electron chi connectivity index (χ1n) is 4.46. The third-order valence-electron chi connectivity index (χ3n) is 1.78. The summed E-state index contributed by atoms with van der Waals surface area (Å²) in [5.41, 5.74) is -0.362. The Morgan fingerprint density at radius 1 is 1.47 bits per heavy atom. The SMILES string of the molecule is O=C(NCC(O)C(F)(F)F)c1cccc(F)n1. The van der Waals surface area contributed by atoms with Crippen LogP contribution in [0.15, 0.2) is 18.2 Å². The second-order valence-corrected chi connectivity index (χ2v) is 3.11. The minimum Gasteiger partial charge on any atom is -0.382 e. The second-order valence-electron chi connectivity index (χ2n) is 3.11. The summed E-state index contributed by atoms with van der Waals surface area (Å²) in [5.74, 6) is -1.91. The van der Waals surface area contributed by atoms with Gasteiger partial charge in [-0.3, -0.25) is 4.79 Å². The van der Waals surface area contributed by atoms with E-state index in [1.807, 2.05) is 0 Å². The van der Waals surface area contributed by atoms with Gasteiger partial charge in [0.15, 0.2) is 6.10 Å². The topological polar surface area (TPSA) is 62.2 Å². The lowest BCUT2D eigenvalue weighted by Gasteiger charge is -2.14. The summed E-state index contributed by atoms with van der Waals surface area (Å²) in [5, 5.41) is 10.4. The molecule has 17 heavy (non-hydrogen) atoms. The Hall–Kier alpha value is -1.70. The van der Waals surface area contributed by atoms with Gasteiger partial charge in [-0.1, -0.05) is 6.07 Å². The zero-order chi connectivity index (χ0) is 13.1. The Morgan fingerprint density at radius 3 is 2.65 bits per heavy atom. The van der Waals surface area contributed by atoms with Crippen LogP contribution in [0.1, 0.15) is 10.5 Å². The number of amides is 1. The largest absolute Gasteiger partial charge is 0.416 e. The monoisotopic (exact) mass is 252 g/mol. The number of carbonyl (C=O) groups excluding carboxylic acids is 1. The fraction of sp³-hybridized carbons (Fsp3) is 0.333. The standard InChI is InChI=1S/C9H8F4N2O2/c10-7-3-1-2-5(15-7)8(17)14-4-6(16)9(11,12)13/h1-3,6,16H,4H2,(H,14,17). The Balaban J connectivity index is 2.57. The molecule has 0 saturated carbocycles. The van der Waals surface area contributed by atoms with Gasteiger partial charge >= 0.3 is 6.18 Å². The van der Waals surface area contributed by atoms with Crippen molar-refractivity contribution in [3.05, 3.63) is 29.8 Å². The van der Waals surface area contributed by atoms with Crippen molar-refractivity contribution in [3.8, 4) is 0 Å². The molecule has 0 spiro atoms. The molecule has 8 heteroatoms. The van der Waals surface area contributed by atoms with Gasteiger partial charge in [-0.05, 0) is 12.1 Å². The van der Waals surface area contributed by atoms with Gasteiger partial charge in [-0.15, -0.1) is 0 Å². The highest BCUT2D eigenvalue weighted by atomic mass is 19.4. The van der Waals surface area contributed by atoms with E-state index in [0.29, 0.717) is 0 Å². The normalized spacial score (nSPS) is 13.2. The summed E-state index contributed by atoms with van der Waals surface area (Å²) >= 11 is 0. The number of nitrogens with zero attached hydrogens (tertiary/aromatic N) is 1. The van der Waals surface area contributed by atoms with Gasteiger partial charge in [-0.25, -0.2) is 4.98 Å². The lowest BCUT2D eigenvalue weighted by molar-refractivity contribution is -0.201. The average molecular weight is 252 g/mol. The van der Waals surface area contributed by atoms with Crippen molar-refractivity contribution in [2.45, 2.75) is 12.3 Å². The van der Waals surface area contributed by atoms with Crippen LogP contribution in [-0.4, -0.2) is 34.8 Å². The molecule has 1 unspecified atom stereocenters. The Bertz CT molecular complexity index is 408. The molecule has 1 rings (SSSR count). The van der Waals surface area contributed by atoms with E-state index >= 15 is 0 Å². The summed E-state index contributed by atoms with van der Waals surface area (Å²) in [6, 6.07) is 3.32. The van der Waals surface area contributed by atoms with Crippen LogP contribution in [-0.2, 0) is 0 Å². The van der Waals surface area contributed by atoms with Crippen LogP contribution >= 0.6 is 0 Å². The van der Waals surface area contributed by atoms with E-state index in [9.17, 15) is 22.4 Å².